The van der Waals surface area contributed by atoms with Gasteiger partial charge in [-0.1, -0.05) is 296 Å². The first kappa shape index (κ1) is 57.2. The summed E-state index contributed by atoms with van der Waals surface area (Å²) in [6.45, 7) is 7.60. The van der Waals surface area contributed by atoms with E-state index in [1.54, 1.807) is 0 Å². The molecule has 0 heterocycles. The zero-order valence-corrected chi connectivity index (χ0v) is 40.7. The summed E-state index contributed by atoms with van der Waals surface area (Å²) in [6.07, 6.45) is 71.0. The second-order valence-electron chi connectivity index (χ2n) is 19.4. The molecule has 0 unspecified atom stereocenters. The molecule has 0 aromatic rings. The van der Waals surface area contributed by atoms with Gasteiger partial charge in [0, 0.05) is 6.42 Å². The summed E-state index contributed by atoms with van der Waals surface area (Å²) >= 11 is 0. The predicted octanol–water partition coefficient (Wildman–Crippen LogP) is 20.5. The van der Waals surface area contributed by atoms with Gasteiger partial charge in [0.05, 0.1) is 6.61 Å². The Balaban J connectivity index is 3.13. The van der Waals surface area contributed by atoms with Crippen molar-refractivity contribution in [2.45, 2.75) is 329 Å². The Bertz CT molecular complexity index is 771. The lowest BCUT2D eigenvalue weighted by Crippen LogP contribution is -2.05. The van der Waals surface area contributed by atoms with E-state index in [0.29, 0.717) is 13.0 Å². The Labute approximate surface area is 367 Å². The third kappa shape index (κ3) is 53.2. The molecule has 0 fully saturated rings. The van der Waals surface area contributed by atoms with Gasteiger partial charge in [0.15, 0.2) is 0 Å². The van der Waals surface area contributed by atoms with Crippen LogP contribution in [0, 0.1) is 5.92 Å². The van der Waals surface area contributed by atoms with Gasteiger partial charge in [0.1, 0.15) is 0 Å². The van der Waals surface area contributed by atoms with Crippen molar-refractivity contribution in [1.29, 1.82) is 0 Å². The molecule has 0 aliphatic heterocycles. The molecule has 0 saturated carbocycles. The van der Waals surface area contributed by atoms with Gasteiger partial charge in [0.2, 0.25) is 0 Å². The Hall–Kier alpha value is -0.790. The van der Waals surface area contributed by atoms with Crippen molar-refractivity contribution in [2.75, 3.05) is 6.61 Å². The highest BCUT2D eigenvalue weighted by Crippen LogP contribution is 2.18. The maximum absolute atomic E-state index is 12.0. The summed E-state index contributed by atoms with van der Waals surface area (Å²) in [5.41, 5.74) is 0. The molecule has 58 heavy (non-hydrogen) atoms. The van der Waals surface area contributed by atoms with Gasteiger partial charge in [-0.25, -0.2) is 0 Å². The molecule has 0 aliphatic carbocycles. The summed E-state index contributed by atoms with van der Waals surface area (Å²) < 4.78 is 5.48. The molecule has 0 N–H and O–H groups in total. The zero-order chi connectivity index (χ0) is 41.9. The molecule has 2 heteroatoms. The highest BCUT2D eigenvalue weighted by molar-refractivity contribution is 5.69. The van der Waals surface area contributed by atoms with Crippen molar-refractivity contribution < 1.29 is 9.53 Å². The van der Waals surface area contributed by atoms with Crippen molar-refractivity contribution >= 4 is 5.97 Å². The second-order valence-corrected chi connectivity index (χ2v) is 19.4. The van der Waals surface area contributed by atoms with Crippen LogP contribution in [0.5, 0.6) is 0 Å². The predicted molar refractivity (Wildman–Crippen MR) is 262 cm³/mol. The normalized spacial score (nSPS) is 11.8. The van der Waals surface area contributed by atoms with Crippen LogP contribution in [0.4, 0.5) is 0 Å². The van der Waals surface area contributed by atoms with Crippen LogP contribution in [0.25, 0.3) is 0 Å². The number of hydrogen-bond acceptors (Lipinski definition) is 2. The van der Waals surface area contributed by atoms with Gasteiger partial charge in [-0.15, -0.1) is 0 Å². The van der Waals surface area contributed by atoms with Crippen LogP contribution in [0.3, 0.4) is 0 Å². The van der Waals surface area contributed by atoms with Crippen LogP contribution in [0.15, 0.2) is 12.2 Å². The van der Waals surface area contributed by atoms with Gasteiger partial charge in [-0.3, -0.25) is 4.79 Å². The SMILES string of the molecule is CCCCCC/C=C\CCCCCCCC(=O)OCCCCCCCCCCCCCCCCCCCCCCCCCCCCCCCCCCCCCC(C)C. The highest BCUT2D eigenvalue weighted by Gasteiger charge is 2.03. The lowest BCUT2D eigenvalue weighted by atomic mass is 10.0. The number of carbonyl (C=O) groups excluding carboxylic acids is 1. The molecule has 0 radical (unpaired) electrons. The molecule has 0 bridgehead atoms. The lowest BCUT2D eigenvalue weighted by Gasteiger charge is -2.06. The number of ether oxygens (including phenoxy) is 1. The van der Waals surface area contributed by atoms with E-state index in [2.05, 4.69) is 32.9 Å². The summed E-state index contributed by atoms with van der Waals surface area (Å²) in [4.78, 5) is 12.0. The number of carbonyl (C=O) groups is 1. The van der Waals surface area contributed by atoms with Crippen LogP contribution in [-0.4, -0.2) is 12.6 Å². The van der Waals surface area contributed by atoms with E-state index >= 15 is 0 Å². The number of unbranched alkanes of at least 4 members (excludes halogenated alkanes) is 43. The standard InChI is InChI=1S/C56H110O2/c1-4-5-6-7-8-9-10-34-38-41-44-47-50-53-56(57)58-54-51-48-45-42-39-36-33-31-29-27-25-23-21-19-17-15-13-11-12-14-16-18-20-22-24-26-28-30-32-35-37-40-43-46-49-52-55(2)3/h9-10,55H,4-8,11-54H2,1-3H3/b10-9-. The molecule has 0 amide bonds. The van der Waals surface area contributed by atoms with E-state index < -0.39 is 0 Å². The van der Waals surface area contributed by atoms with E-state index in [1.165, 1.54) is 283 Å². The Morgan fingerprint density at radius 3 is 0.914 bits per heavy atom. The fraction of sp³-hybridized carbons (Fsp3) is 0.946. The molecule has 0 aromatic heterocycles. The van der Waals surface area contributed by atoms with Crippen LogP contribution in [0.2, 0.25) is 0 Å². The molecule has 346 valence electrons. The summed E-state index contributed by atoms with van der Waals surface area (Å²) in [5.74, 6) is 0.911. The van der Waals surface area contributed by atoms with Crippen molar-refractivity contribution in [2.24, 2.45) is 5.92 Å². The molecule has 0 spiro atoms. The van der Waals surface area contributed by atoms with Gasteiger partial charge >= 0.3 is 5.97 Å². The molecule has 2 nitrogen and oxygen atoms in total. The topological polar surface area (TPSA) is 26.3 Å². The maximum Gasteiger partial charge on any atom is 0.305 e. The van der Waals surface area contributed by atoms with Crippen molar-refractivity contribution in [3.05, 3.63) is 12.2 Å². The van der Waals surface area contributed by atoms with Gasteiger partial charge < -0.3 is 4.74 Å². The van der Waals surface area contributed by atoms with Crippen molar-refractivity contribution in [3.63, 3.8) is 0 Å². The maximum atomic E-state index is 12.0. The van der Waals surface area contributed by atoms with E-state index in [1.807, 2.05) is 0 Å². The number of rotatable bonds is 51. The molecule has 0 aromatic carbocycles. The molecule has 0 aliphatic rings. The van der Waals surface area contributed by atoms with Gasteiger partial charge in [-0.2, -0.15) is 0 Å². The fourth-order valence-electron chi connectivity index (χ4n) is 8.73. The van der Waals surface area contributed by atoms with Crippen molar-refractivity contribution in [3.8, 4) is 0 Å². The third-order valence-electron chi connectivity index (χ3n) is 12.8. The average molecular weight is 815 g/mol. The van der Waals surface area contributed by atoms with Gasteiger partial charge in [0.25, 0.3) is 0 Å². The smallest absolute Gasteiger partial charge is 0.305 e. The summed E-state index contributed by atoms with van der Waals surface area (Å²) in [5, 5.41) is 0. The van der Waals surface area contributed by atoms with Crippen molar-refractivity contribution in [1.82, 2.24) is 0 Å². The Kier molecular flexibility index (Phi) is 51.6. The zero-order valence-electron chi connectivity index (χ0n) is 40.7. The first-order chi connectivity index (χ1) is 28.7. The number of hydrogen-bond donors (Lipinski definition) is 0. The van der Waals surface area contributed by atoms with Crippen LogP contribution in [0.1, 0.15) is 329 Å². The first-order valence-corrected chi connectivity index (χ1v) is 27.5. The largest absolute Gasteiger partial charge is 0.466 e. The molecule has 0 saturated heterocycles. The first-order valence-electron chi connectivity index (χ1n) is 27.5. The Morgan fingerprint density at radius 1 is 0.345 bits per heavy atom. The number of allylic oxidation sites excluding steroid dienone is 2. The quantitative estimate of drug-likeness (QED) is 0.0347. The van der Waals surface area contributed by atoms with Crippen LogP contribution >= 0.6 is 0 Å². The van der Waals surface area contributed by atoms with E-state index in [4.69, 9.17) is 4.74 Å². The molecule has 0 rings (SSSR count). The van der Waals surface area contributed by atoms with E-state index in [0.717, 1.165) is 25.2 Å². The summed E-state index contributed by atoms with van der Waals surface area (Å²) in [7, 11) is 0. The summed E-state index contributed by atoms with van der Waals surface area (Å²) in [6, 6.07) is 0. The number of esters is 1. The van der Waals surface area contributed by atoms with E-state index in [9.17, 15) is 4.79 Å². The molecular weight excluding hydrogens is 705 g/mol. The molecular formula is C56H110O2. The third-order valence-corrected chi connectivity index (χ3v) is 12.8. The van der Waals surface area contributed by atoms with Crippen LogP contribution < -0.4 is 0 Å². The molecule has 0 atom stereocenters. The Morgan fingerprint density at radius 2 is 0.603 bits per heavy atom. The average Bonchev–Trinajstić information content (AvgIpc) is 3.22. The van der Waals surface area contributed by atoms with Gasteiger partial charge in [-0.05, 0) is 44.4 Å². The fourth-order valence-corrected chi connectivity index (χ4v) is 8.73. The minimum absolute atomic E-state index is 0.0207. The minimum Gasteiger partial charge on any atom is -0.466 e. The minimum atomic E-state index is 0.0207. The second kappa shape index (κ2) is 52.3. The van der Waals surface area contributed by atoms with E-state index in [-0.39, 0.29) is 5.97 Å². The van der Waals surface area contributed by atoms with Crippen LogP contribution in [-0.2, 0) is 9.53 Å². The lowest BCUT2D eigenvalue weighted by molar-refractivity contribution is -0.143. The highest BCUT2D eigenvalue weighted by atomic mass is 16.5. The monoisotopic (exact) mass is 815 g/mol.